The largest absolute Gasteiger partial charge is 0.311 e. The van der Waals surface area contributed by atoms with Gasteiger partial charge < -0.3 is 5.32 Å². The summed E-state index contributed by atoms with van der Waals surface area (Å²) >= 11 is 0. The predicted molar refractivity (Wildman–Crippen MR) is 54.2 cm³/mol. The first-order valence-corrected chi connectivity index (χ1v) is 5.26. The van der Waals surface area contributed by atoms with Gasteiger partial charge in [0.25, 0.3) is 0 Å². The molecule has 1 aliphatic carbocycles. The van der Waals surface area contributed by atoms with E-state index in [0.717, 1.165) is 0 Å². The highest BCUT2D eigenvalue weighted by molar-refractivity contribution is 5.12. The molecular formula is C11H17N3. The summed E-state index contributed by atoms with van der Waals surface area (Å²) in [6.45, 7) is 2.17. The Morgan fingerprint density at radius 2 is 1.79 bits per heavy atom. The minimum Gasteiger partial charge on any atom is -0.311 e. The van der Waals surface area contributed by atoms with Gasteiger partial charge in [0, 0.05) is 12.6 Å². The van der Waals surface area contributed by atoms with E-state index in [1.165, 1.54) is 32.1 Å². The Hall–Kier alpha value is -1.06. The first-order chi connectivity index (χ1) is 6.70. The van der Waals surface area contributed by atoms with Gasteiger partial charge in [-0.1, -0.05) is 19.3 Å². The predicted octanol–water partition coefficient (Wildman–Crippen LogP) is 1.96. The summed E-state index contributed by atoms with van der Waals surface area (Å²) in [4.78, 5) is 0. The average Bonchev–Trinajstić information content (AvgIpc) is 2.27. The third-order valence-corrected chi connectivity index (χ3v) is 2.84. The monoisotopic (exact) mass is 191 g/mol. The lowest BCUT2D eigenvalue weighted by molar-refractivity contribution is 0.349. The van der Waals surface area contributed by atoms with Crippen molar-refractivity contribution in [2.24, 2.45) is 5.41 Å². The fraction of sp³-hybridized carbons (Fsp3) is 0.818. The van der Waals surface area contributed by atoms with Crippen LogP contribution in [-0.4, -0.2) is 12.6 Å². The zero-order chi connectivity index (χ0) is 10.4. The molecule has 1 rings (SSSR count). The van der Waals surface area contributed by atoms with E-state index in [2.05, 4.69) is 5.32 Å². The average molecular weight is 191 g/mol. The highest BCUT2D eigenvalue weighted by Gasteiger charge is 2.24. The van der Waals surface area contributed by atoms with Crippen molar-refractivity contribution in [3.63, 3.8) is 0 Å². The Morgan fingerprint density at radius 1 is 1.21 bits per heavy atom. The molecule has 0 aromatic carbocycles. The minimum atomic E-state index is -0.864. The van der Waals surface area contributed by atoms with Crippen LogP contribution in [0.5, 0.6) is 0 Å². The molecule has 0 radical (unpaired) electrons. The molecule has 0 spiro atoms. The minimum absolute atomic E-state index is 0.491. The molecule has 1 aliphatic rings. The molecule has 1 N–H and O–H groups in total. The molecule has 0 saturated heterocycles. The van der Waals surface area contributed by atoms with E-state index >= 15 is 0 Å². The molecule has 0 atom stereocenters. The van der Waals surface area contributed by atoms with Crippen LogP contribution >= 0.6 is 0 Å². The quantitative estimate of drug-likeness (QED) is 0.741. The van der Waals surface area contributed by atoms with Gasteiger partial charge in [-0.05, 0) is 19.8 Å². The van der Waals surface area contributed by atoms with Gasteiger partial charge in [0.1, 0.15) is 0 Å². The van der Waals surface area contributed by atoms with Crippen LogP contribution in [0.15, 0.2) is 0 Å². The van der Waals surface area contributed by atoms with Gasteiger partial charge in [-0.3, -0.25) is 0 Å². The zero-order valence-corrected chi connectivity index (χ0v) is 8.71. The van der Waals surface area contributed by atoms with Gasteiger partial charge in [0.2, 0.25) is 0 Å². The van der Waals surface area contributed by atoms with Gasteiger partial charge in [0.05, 0.1) is 12.1 Å². The Bertz CT molecular complexity index is 239. The van der Waals surface area contributed by atoms with E-state index in [4.69, 9.17) is 10.5 Å². The molecule has 0 bridgehead atoms. The molecule has 0 aliphatic heterocycles. The van der Waals surface area contributed by atoms with Crippen molar-refractivity contribution >= 4 is 0 Å². The molecule has 3 heteroatoms. The van der Waals surface area contributed by atoms with Gasteiger partial charge >= 0.3 is 0 Å². The van der Waals surface area contributed by atoms with Crippen LogP contribution in [0.1, 0.15) is 39.0 Å². The Morgan fingerprint density at radius 3 is 2.29 bits per heavy atom. The Kier molecular flexibility index (Phi) is 3.92. The molecular weight excluding hydrogens is 174 g/mol. The van der Waals surface area contributed by atoms with Gasteiger partial charge in [0.15, 0.2) is 5.41 Å². The maximum absolute atomic E-state index is 8.80. The molecule has 3 nitrogen and oxygen atoms in total. The molecule has 1 fully saturated rings. The first-order valence-electron chi connectivity index (χ1n) is 5.26. The highest BCUT2D eigenvalue weighted by Crippen LogP contribution is 2.19. The third-order valence-electron chi connectivity index (χ3n) is 2.84. The van der Waals surface area contributed by atoms with Crippen LogP contribution in [-0.2, 0) is 0 Å². The SMILES string of the molecule is CC(C#N)(C#N)CNC1CCCCC1. The summed E-state index contributed by atoms with van der Waals surface area (Å²) < 4.78 is 0. The van der Waals surface area contributed by atoms with Crippen LogP contribution in [0, 0.1) is 28.1 Å². The van der Waals surface area contributed by atoms with Crippen LogP contribution in [0.4, 0.5) is 0 Å². The number of hydrogen-bond donors (Lipinski definition) is 1. The molecule has 0 amide bonds. The summed E-state index contributed by atoms with van der Waals surface area (Å²) in [5.41, 5.74) is -0.864. The maximum Gasteiger partial charge on any atom is 0.153 e. The van der Waals surface area contributed by atoms with Crippen LogP contribution in [0.2, 0.25) is 0 Å². The smallest absolute Gasteiger partial charge is 0.153 e. The Balaban J connectivity index is 2.32. The molecule has 0 unspecified atom stereocenters. The van der Waals surface area contributed by atoms with Crippen molar-refractivity contribution in [3.05, 3.63) is 0 Å². The molecule has 0 heterocycles. The van der Waals surface area contributed by atoms with Crippen molar-refractivity contribution < 1.29 is 0 Å². The number of nitrogens with one attached hydrogen (secondary N) is 1. The second-order valence-electron chi connectivity index (χ2n) is 4.27. The van der Waals surface area contributed by atoms with E-state index in [0.29, 0.717) is 12.6 Å². The van der Waals surface area contributed by atoms with Gasteiger partial charge in [-0.15, -0.1) is 0 Å². The molecule has 1 saturated carbocycles. The lowest BCUT2D eigenvalue weighted by Crippen LogP contribution is -2.38. The second-order valence-corrected chi connectivity index (χ2v) is 4.27. The normalized spacial score (nSPS) is 18.5. The summed E-state index contributed by atoms with van der Waals surface area (Å²) in [5, 5.41) is 20.9. The van der Waals surface area contributed by atoms with E-state index in [-0.39, 0.29) is 0 Å². The van der Waals surface area contributed by atoms with Gasteiger partial charge in [-0.2, -0.15) is 10.5 Å². The number of nitriles is 2. The first kappa shape index (κ1) is 11.0. The molecule has 76 valence electrons. The summed E-state index contributed by atoms with van der Waals surface area (Å²) in [5.74, 6) is 0. The third kappa shape index (κ3) is 3.01. The topological polar surface area (TPSA) is 59.6 Å². The second kappa shape index (κ2) is 4.98. The standard InChI is InChI=1S/C11H17N3/c1-11(7-12,8-13)9-14-10-5-3-2-4-6-10/h10,14H,2-6,9H2,1H3. The lowest BCUT2D eigenvalue weighted by Gasteiger charge is -2.25. The Labute approximate surface area is 85.7 Å². The zero-order valence-electron chi connectivity index (χ0n) is 8.71. The van der Waals surface area contributed by atoms with E-state index < -0.39 is 5.41 Å². The number of hydrogen-bond acceptors (Lipinski definition) is 3. The van der Waals surface area contributed by atoms with Gasteiger partial charge in [-0.25, -0.2) is 0 Å². The van der Waals surface area contributed by atoms with E-state index in [1.807, 2.05) is 12.1 Å². The van der Waals surface area contributed by atoms with E-state index in [1.54, 1.807) is 6.92 Å². The number of nitrogens with zero attached hydrogens (tertiary/aromatic N) is 2. The fourth-order valence-corrected chi connectivity index (χ4v) is 1.76. The fourth-order valence-electron chi connectivity index (χ4n) is 1.76. The highest BCUT2D eigenvalue weighted by atomic mass is 14.9. The van der Waals surface area contributed by atoms with E-state index in [9.17, 15) is 0 Å². The van der Waals surface area contributed by atoms with Crippen molar-refractivity contribution in [1.82, 2.24) is 5.32 Å². The van der Waals surface area contributed by atoms with Crippen molar-refractivity contribution in [1.29, 1.82) is 10.5 Å². The van der Waals surface area contributed by atoms with Crippen molar-refractivity contribution in [2.45, 2.75) is 45.1 Å². The van der Waals surface area contributed by atoms with Crippen molar-refractivity contribution in [3.8, 4) is 12.1 Å². The van der Waals surface area contributed by atoms with Crippen LogP contribution < -0.4 is 5.32 Å². The number of rotatable bonds is 3. The summed E-state index contributed by atoms with van der Waals surface area (Å²) in [6.07, 6.45) is 6.24. The van der Waals surface area contributed by atoms with Crippen molar-refractivity contribution in [2.75, 3.05) is 6.54 Å². The molecule has 14 heavy (non-hydrogen) atoms. The maximum atomic E-state index is 8.80. The molecule has 0 aromatic rings. The molecule has 0 aromatic heterocycles. The van der Waals surface area contributed by atoms with Crippen LogP contribution in [0.25, 0.3) is 0 Å². The summed E-state index contributed by atoms with van der Waals surface area (Å²) in [6, 6.07) is 4.61. The van der Waals surface area contributed by atoms with Crippen LogP contribution in [0.3, 0.4) is 0 Å². The summed E-state index contributed by atoms with van der Waals surface area (Å²) in [7, 11) is 0. The lowest BCUT2D eigenvalue weighted by atomic mass is 9.91.